The summed E-state index contributed by atoms with van der Waals surface area (Å²) in [7, 11) is 0. The maximum absolute atomic E-state index is 12.6. The summed E-state index contributed by atoms with van der Waals surface area (Å²) in [6, 6.07) is 3.76. The smallest absolute Gasteiger partial charge is 0.242 e. The van der Waals surface area contributed by atoms with Crippen LogP contribution in [0.1, 0.15) is 32.5 Å². The number of nitrogens with zero attached hydrogens (tertiary/aromatic N) is 5. The van der Waals surface area contributed by atoms with Gasteiger partial charge in [0.05, 0.1) is 17.9 Å². The van der Waals surface area contributed by atoms with Gasteiger partial charge in [-0.15, -0.1) is 0 Å². The van der Waals surface area contributed by atoms with Crippen molar-refractivity contribution in [2.24, 2.45) is 0 Å². The topological polar surface area (TPSA) is 79.4 Å². The van der Waals surface area contributed by atoms with E-state index in [1.807, 2.05) is 37.6 Å². The van der Waals surface area contributed by atoms with Crippen molar-refractivity contribution in [3.05, 3.63) is 30.3 Å². The van der Waals surface area contributed by atoms with E-state index in [2.05, 4.69) is 25.4 Å². The Hall–Kier alpha value is -2.19. The van der Waals surface area contributed by atoms with Gasteiger partial charge in [-0.2, -0.15) is 5.10 Å². The molecule has 8 heteroatoms. The van der Waals surface area contributed by atoms with Gasteiger partial charge in [0.15, 0.2) is 0 Å². The molecule has 3 heterocycles. The quantitative estimate of drug-likeness (QED) is 0.856. The largest absolute Gasteiger partial charge is 0.364 e. The first-order valence-corrected chi connectivity index (χ1v) is 8.74. The fourth-order valence-electron chi connectivity index (χ4n) is 3.08. The highest BCUT2D eigenvalue weighted by Gasteiger charge is 2.26. The van der Waals surface area contributed by atoms with Crippen LogP contribution in [0.4, 0.5) is 5.82 Å². The van der Waals surface area contributed by atoms with Gasteiger partial charge in [-0.25, -0.2) is 4.68 Å². The van der Waals surface area contributed by atoms with E-state index in [4.69, 9.17) is 4.52 Å². The van der Waals surface area contributed by atoms with Gasteiger partial charge in [-0.05, 0) is 20.8 Å². The van der Waals surface area contributed by atoms with Crippen LogP contribution in [0.5, 0.6) is 0 Å². The van der Waals surface area contributed by atoms with Crippen molar-refractivity contribution < 1.29 is 9.32 Å². The molecular formula is C17H26N6O2. The lowest BCUT2D eigenvalue weighted by Crippen LogP contribution is -2.52. The second kappa shape index (κ2) is 7.79. The van der Waals surface area contributed by atoms with Gasteiger partial charge in [-0.3, -0.25) is 14.6 Å². The molecule has 8 nitrogen and oxygen atoms in total. The number of amides is 1. The summed E-state index contributed by atoms with van der Waals surface area (Å²) in [6.45, 7) is 10.4. The molecule has 1 aliphatic rings. The van der Waals surface area contributed by atoms with Crippen LogP contribution < -0.4 is 5.32 Å². The number of hydrogen-bond donors (Lipinski definition) is 1. The number of carbonyl (C=O) groups excluding carboxylic acids is 1. The number of nitrogens with one attached hydrogen (secondary N) is 1. The van der Waals surface area contributed by atoms with Crippen molar-refractivity contribution in [1.29, 1.82) is 0 Å². The van der Waals surface area contributed by atoms with Crippen molar-refractivity contribution in [1.82, 2.24) is 24.7 Å². The number of rotatable bonds is 6. The van der Waals surface area contributed by atoms with Crippen molar-refractivity contribution in [2.75, 3.05) is 31.5 Å². The molecule has 0 bridgehead atoms. The van der Waals surface area contributed by atoms with Crippen LogP contribution in [0.15, 0.2) is 29.1 Å². The average Bonchev–Trinajstić information content (AvgIpc) is 3.26. The Balaban J connectivity index is 1.50. The molecule has 0 radical (unpaired) electrons. The van der Waals surface area contributed by atoms with Crippen molar-refractivity contribution in [3.63, 3.8) is 0 Å². The molecule has 1 N–H and O–H groups in total. The Morgan fingerprint density at radius 3 is 2.64 bits per heavy atom. The lowest BCUT2D eigenvalue weighted by molar-refractivity contribution is -0.121. The molecule has 136 valence electrons. The third-order valence-corrected chi connectivity index (χ3v) is 4.62. The lowest BCUT2D eigenvalue weighted by Gasteiger charge is -2.37. The summed E-state index contributed by atoms with van der Waals surface area (Å²) in [5.74, 6) is 0.754. The van der Waals surface area contributed by atoms with E-state index in [0.717, 1.165) is 44.2 Å². The second-order valence-electron chi connectivity index (χ2n) is 6.72. The molecule has 0 aromatic carbocycles. The van der Waals surface area contributed by atoms with Gasteiger partial charge in [0.25, 0.3) is 0 Å². The van der Waals surface area contributed by atoms with E-state index >= 15 is 0 Å². The Bertz CT molecular complexity index is 673. The average molecular weight is 346 g/mol. The van der Waals surface area contributed by atoms with Gasteiger partial charge in [0.1, 0.15) is 12.1 Å². The van der Waals surface area contributed by atoms with E-state index in [0.29, 0.717) is 0 Å². The number of anilines is 1. The summed E-state index contributed by atoms with van der Waals surface area (Å²) in [5.41, 5.74) is 0.946. The zero-order chi connectivity index (χ0) is 17.8. The van der Waals surface area contributed by atoms with Crippen LogP contribution in [0, 0.1) is 0 Å². The second-order valence-corrected chi connectivity index (χ2v) is 6.72. The highest BCUT2D eigenvalue weighted by atomic mass is 16.5. The molecule has 0 spiro atoms. The normalized spacial score (nSPS) is 17.8. The highest BCUT2D eigenvalue weighted by molar-refractivity contribution is 5.93. The fourth-order valence-corrected chi connectivity index (χ4v) is 3.08. The zero-order valence-corrected chi connectivity index (χ0v) is 15.1. The van der Waals surface area contributed by atoms with E-state index < -0.39 is 0 Å². The Kier molecular flexibility index (Phi) is 5.50. The first kappa shape index (κ1) is 17.6. The maximum atomic E-state index is 12.6. The third kappa shape index (κ3) is 4.26. The summed E-state index contributed by atoms with van der Waals surface area (Å²) >= 11 is 0. The Morgan fingerprint density at radius 1 is 1.24 bits per heavy atom. The van der Waals surface area contributed by atoms with Gasteiger partial charge >= 0.3 is 0 Å². The molecule has 1 fully saturated rings. The minimum Gasteiger partial charge on any atom is -0.364 e. The van der Waals surface area contributed by atoms with E-state index in [1.54, 1.807) is 12.5 Å². The Labute approximate surface area is 147 Å². The van der Waals surface area contributed by atoms with E-state index in [9.17, 15) is 4.79 Å². The van der Waals surface area contributed by atoms with Crippen molar-refractivity contribution >= 4 is 11.7 Å². The predicted molar refractivity (Wildman–Crippen MR) is 94.1 cm³/mol. The molecule has 25 heavy (non-hydrogen) atoms. The molecule has 3 rings (SSSR count). The molecule has 1 aliphatic heterocycles. The van der Waals surface area contributed by atoms with Gasteiger partial charge in [-0.1, -0.05) is 5.16 Å². The number of piperazine rings is 1. The molecule has 0 unspecified atom stereocenters. The standard InChI is InChI=1S/C17H26N6O2/c1-13(2)23-16(4-6-18-23)19-17(24)14(3)22-9-7-21(8-10-22)12-15-5-11-25-20-15/h4-6,11,13-14H,7-10,12H2,1-3H3,(H,19,24)/t14-/m0/s1. The number of aromatic nitrogens is 3. The summed E-state index contributed by atoms with van der Waals surface area (Å²) in [6.07, 6.45) is 3.31. The van der Waals surface area contributed by atoms with Crippen LogP contribution in [0.2, 0.25) is 0 Å². The minimum absolute atomic E-state index is 0.00681. The van der Waals surface area contributed by atoms with Crippen LogP contribution in [-0.2, 0) is 11.3 Å². The van der Waals surface area contributed by atoms with Gasteiger partial charge < -0.3 is 9.84 Å². The van der Waals surface area contributed by atoms with Crippen LogP contribution in [0.3, 0.4) is 0 Å². The van der Waals surface area contributed by atoms with Crippen LogP contribution in [-0.4, -0.2) is 62.9 Å². The predicted octanol–water partition coefficient (Wildman–Crippen LogP) is 1.60. The number of carbonyl (C=O) groups is 1. The van der Waals surface area contributed by atoms with Crippen molar-refractivity contribution in [2.45, 2.75) is 39.4 Å². The molecule has 0 saturated carbocycles. The molecule has 1 saturated heterocycles. The molecule has 2 aromatic heterocycles. The molecular weight excluding hydrogens is 320 g/mol. The molecule has 1 amide bonds. The summed E-state index contributed by atoms with van der Waals surface area (Å²) in [5, 5.41) is 11.2. The van der Waals surface area contributed by atoms with Crippen molar-refractivity contribution in [3.8, 4) is 0 Å². The summed E-state index contributed by atoms with van der Waals surface area (Å²) in [4.78, 5) is 17.1. The molecule has 2 aromatic rings. The van der Waals surface area contributed by atoms with E-state index in [1.165, 1.54) is 0 Å². The SMILES string of the molecule is CC(C)n1nccc1NC(=O)[C@H](C)N1CCN(Cc2ccon2)CC1. The maximum Gasteiger partial charge on any atom is 0.242 e. The van der Waals surface area contributed by atoms with Gasteiger partial charge in [0.2, 0.25) is 5.91 Å². The third-order valence-electron chi connectivity index (χ3n) is 4.62. The Morgan fingerprint density at radius 2 is 2.00 bits per heavy atom. The monoisotopic (exact) mass is 346 g/mol. The summed E-state index contributed by atoms with van der Waals surface area (Å²) < 4.78 is 6.70. The van der Waals surface area contributed by atoms with Crippen LogP contribution in [0.25, 0.3) is 0 Å². The first-order chi connectivity index (χ1) is 12.0. The molecule has 1 atom stereocenters. The molecule has 0 aliphatic carbocycles. The van der Waals surface area contributed by atoms with Gasteiger partial charge in [0, 0.05) is 50.9 Å². The number of hydrogen-bond acceptors (Lipinski definition) is 6. The fraction of sp³-hybridized carbons (Fsp3) is 0.588. The van der Waals surface area contributed by atoms with E-state index in [-0.39, 0.29) is 18.0 Å². The first-order valence-electron chi connectivity index (χ1n) is 8.74. The van der Waals surface area contributed by atoms with Crippen LogP contribution >= 0.6 is 0 Å². The highest BCUT2D eigenvalue weighted by Crippen LogP contribution is 2.15. The minimum atomic E-state index is -0.176. The lowest BCUT2D eigenvalue weighted by atomic mass is 10.2. The zero-order valence-electron chi connectivity index (χ0n) is 15.1.